The summed E-state index contributed by atoms with van der Waals surface area (Å²) >= 11 is 0. The first-order valence-electron chi connectivity index (χ1n) is 44.7. The second kappa shape index (κ2) is 84.1. The molecule has 103 heavy (non-hydrogen) atoms. The highest BCUT2D eigenvalue weighted by molar-refractivity contribution is 5.70. The second-order valence-corrected chi connectivity index (χ2v) is 31.5. The number of carbonyl (C=O) groups is 3. The van der Waals surface area contributed by atoms with E-state index in [-0.39, 0.29) is 32.2 Å². The highest BCUT2D eigenvalue weighted by Crippen LogP contribution is 2.21. The van der Waals surface area contributed by atoms with Gasteiger partial charge in [0.1, 0.15) is 13.2 Å². The fourth-order valence-electron chi connectivity index (χ4n) is 13.4. The van der Waals surface area contributed by atoms with E-state index in [1.54, 1.807) is 0 Å². The zero-order chi connectivity index (χ0) is 74.6. The van der Waals surface area contributed by atoms with Crippen molar-refractivity contribution in [3.8, 4) is 0 Å². The van der Waals surface area contributed by atoms with E-state index in [2.05, 4.69) is 98.9 Å². The Balaban J connectivity index is 3.93. The number of esters is 2. The van der Waals surface area contributed by atoms with E-state index in [0.29, 0.717) is 23.9 Å². The van der Waals surface area contributed by atoms with Crippen molar-refractivity contribution in [3.63, 3.8) is 0 Å². The van der Waals surface area contributed by atoms with Crippen molar-refractivity contribution in [3.05, 3.63) is 85.1 Å². The molecule has 0 saturated carbocycles. The van der Waals surface area contributed by atoms with Gasteiger partial charge in [-0.2, -0.15) is 0 Å². The standard InChI is InChI=1S/C94H171NO8/c1-6-8-10-12-14-16-18-20-22-24-26-28-30-32-34-36-38-40-42-44-45-46-47-49-50-52-54-56-58-60-62-64-66-68-70-72-74-76-78-80-82-84-91(96)101-88-90(89-102-94(93(98)99)100-87-86-95(3,4)5)103-92(97)85-83-81-79-77-75-73-71-69-67-65-63-61-59-57-55-53-51-48-43-41-39-37-35-33-31-29-27-25-23-21-19-17-15-13-11-9-7-2/h9,11,15,17,21,23,27,29,33,35,39,41,48,51,90,94H,6-8,10,12-14,16,18-20,22,24-26,28,30-32,34,36-38,40,42-47,49-50,52-89H2,1-5H3/b11-9-,17-15-,23-21-,29-27-,35-33-,41-39-,51-48-. The van der Waals surface area contributed by atoms with Crippen LogP contribution in [0.1, 0.15) is 438 Å². The van der Waals surface area contributed by atoms with Gasteiger partial charge in [-0.1, -0.05) is 439 Å². The predicted molar refractivity (Wildman–Crippen MR) is 444 cm³/mol. The van der Waals surface area contributed by atoms with Gasteiger partial charge in [-0.25, -0.2) is 0 Å². The summed E-state index contributed by atoms with van der Waals surface area (Å²) in [4.78, 5) is 37.7. The highest BCUT2D eigenvalue weighted by atomic mass is 16.7. The normalized spacial score (nSPS) is 13.0. The fourth-order valence-corrected chi connectivity index (χ4v) is 13.4. The molecule has 2 unspecified atom stereocenters. The number of hydrogen-bond acceptors (Lipinski definition) is 8. The van der Waals surface area contributed by atoms with Crippen LogP contribution in [-0.2, 0) is 33.3 Å². The number of quaternary nitrogens is 1. The molecule has 9 nitrogen and oxygen atoms in total. The van der Waals surface area contributed by atoms with Crippen LogP contribution in [-0.4, -0.2) is 82.3 Å². The molecule has 0 aliphatic heterocycles. The molecule has 0 radical (unpaired) electrons. The SMILES string of the molecule is CC/C=C\C/C=C\C/C=C\C/C=C\C/C=C\C/C=C\C/C=C\CCCCCCCCCCCCCCCCCC(=O)OC(COC(=O)CCCCCCCCCCCCCCCCCCCCCCCCCCCCCCCCCCCCCCCCCCC)COC(OCC[N+](C)(C)C)C(=O)[O-]. The topological polar surface area (TPSA) is 111 Å². The molecule has 0 spiro atoms. The van der Waals surface area contributed by atoms with Crippen LogP contribution in [0.15, 0.2) is 85.1 Å². The van der Waals surface area contributed by atoms with E-state index in [0.717, 1.165) is 83.5 Å². The van der Waals surface area contributed by atoms with E-state index in [1.807, 2.05) is 21.1 Å². The summed E-state index contributed by atoms with van der Waals surface area (Å²) in [5, 5.41) is 11.9. The number of aliphatic carboxylic acids is 1. The minimum absolute atomic E-state index is 0.148. The summed E-state index contributed by atoms with van der Waals surface area (Å²) in [5.41, 5.74) is 0. The molecule has 0 fully saturated rings. The summed E-state index contributed by atoms with van der Waals surface area (Å²) in [7, 11) is 5.95. The molecule has 9 heteroatoms. The van der Waals surface area contributed by atoms with E-state index >= 15 is 0 Å². The predicted octanol–water partition coefficient (Wildman–Crippen LogP) is 27.9. The van der Waals surface area contributed by atoms with E-state index in [4.69, 9.17) is 18.9 Å². The van der Waals surface area contributed by atoms with Gasteiger partial charge in [0.15, 0.2) is 12.4 Å². The van der Waals surface area contributed by atoms with Gasteiger partial charge in [-0.05, 0) is 70.6 Å². The van der Waals surface area contributed by atoms with Gasteiger partial charge < -0.3 is 33.3 Å². The van der Waals surface area contributed by atoms with Crippen molar-refractivity contribution in [2.45, 2.75) is 450 Å². The molecule has 0 aromatic carbocycles. The van der Waals surface area contributed by atoms with Gasteiger partial charge in [-0.15, -0.1) is 0 Å². The Morgan fingerprint density at radius 3 is 0.825 bits per heavy atom. The van der Waals surface area contributed by atoms with Crippen molar-refractivity contribution in [2.24, 2.45) is 0 Å². The minimum atomic E-state index is -1.62. The van der Waals surface area contributed by atoms with Gasteiger partial charge in [0, 0.05) is 12.8 Å². The van der Waals surface area contributed by atoms with Gasteiger partial charge in [0.2, 0.25) is 0 Å². The van der Waals surface area contributed by atoms with Crippen LogP contribution in [0.4, 0.5) is 0 Å². The molecule has 0 rings (SSSR count). The summed E-state index contributed by atoms with van der Waals surface area (Å²) < 4.78 is 22.9. The van der Waals surface area contributed by atoms with Gasteiger partial charge in [0.25, 0.3) is 0 Å². The molecule has 0 bridgehead atoms. The molecule has 600 valence electrons. The maximum absolute atomic E-state index is 13.0. The Labute approximate surface area is 640 Å². The lowest BCUT2D eigenvalue weighted by Gasteiger charge is -2.26. The smallest absolute Gasteiger partial charge is 0.306 e. The molecule has 0 amide bonds. The Bertz CT molecular complexity index is 1980. The maximum Gasteiger partial charge on any atom is 0.306 e. The summed E-state index contributed by atoms with van der Waals surface area (Å²) in [5.74, 6) is -2.26. The van der Waals surface area contributed by atoms with Crippen LogP contribution in [0.5, 0.6) is 0 Å². The highest BCUT2D eigenvalue weighted by Gasteiger charge is 2.22. The molecule has 2 atom stereocenters. The quantitative estimate of drug-likeness (QED) is 0.0195. The largest absolute Gasteiger partial charge is 0.545 e. The molecule has 0 N–H and O–H groups in total. The summed E-state index contributed by atoms with van der Waals surface area (Å²) in [6, 6.07) is 0. The zero-order valence-electron chi connectivity index (χ0n) is 68.9. The van der Waals surface area contributed by atoms with Crippen molar-refractivity contribution >= 4 is 17.9 Å². The summed E-state index contributed by atoms with van der Waals surface area (Å²) in [6.45, 7) is 4.70. The maximum atomic E-state index is 13.0. The molecular formula is C94H171NO8. The third-order valence-corrected chi connectivity index (χ3v) is 20.2. The third-order valence-electron chi connectivity index (χ3n) is 20.2. The number of likely N-dealkylation sites (N-methyl/N-ethyl adjacent to an activating group) is 1. The lowest BCUT2D eigenvalue weighted by atomic mass is 10.0. The number of carboxylic acid groups (broad SMARTS) is 1. The first-order valence-corrected chi connectivity index (χ1v) is 44.7. The fraction of sp³-hybridized carbons (Fsp3) is 0.819. The Morgan fingerprint density at radius 2 is 0.553 bits per heavy atom. The van der Waals surface area contributed by atoms with Crippen molar-refractivity contribution in [1.29, 1.82) is 0 Å². The van der Waals surface area contributed by atoms with Gasteiger partial charge in [-0.3, -0.25) is 9.59 Å². The van der Waals surface area contributed by atoms with Crippen molar-refractivity contribution in [1.82, 2.24) is 0 Å². The summed E-state index contributed by atoms with van der Waals surface area (Å²) in [6.07, 6.45) is 113. The van der Waals surface area contributed by atoms with Crippen molar-refractivity contribution in [2.75, 3.05) is 47.5 Å². The Morgan fingerprint density at radius 1 is 0.301 bits per heavy atom. The first-order chi connectivity index (χ1) is 50.6. The lowest BCUT2D eigenvalue weighted by molar-refractivity contribution is -0.870. The number of nitrogens with zero attached hydrogens (tertiary/aromatic N) is 1. The lowest BCUT2D eigenvalue weighted by Crippen LogP contribution is -2.44. The minimum Gasteiger partial charge on any atom is -0.545 e. The number of carbonyl (C=O) groups excluding carboxylic acids is 3. The second-order valence-electron chi connectivity index (χ2n) is 31.5. The van der Waals surface area contributed by atoms with Crippen molar-refractivity contribution < 1.29 is 42.9 Å². The molecule has 0 heterocycles. The number of allylic oxidation sites excluding steroid dienone is 14. The van der Waals surface area contributed by atoms with E-state index in [9.17, 15) is 19.5 Å². The van der Waals surface area contributed by atoms with Crippen LogP contribution >= 0.6 is 0 Å². The molecule has 0 aliphatic rings. The average Bonchev–Trinajstić information content (AvgIpc) is 1.16. The third kappa shape index (κ3) is 85.6. The number of unbranched alkanes of at least 4 members (excludes halogenated alkanes) is 55. The van der Waals surface area contributed by atoms with Crippen LogP contribution in [0, 0.1) is 0 Å². The van der Waals surface area contributed by atoms with Crippen LogP contribution in [0.3, 0.4) is 0 Å². The van der Waals surface area contributed by atoms with Crippen LogP contribution < -0.4 is 5.11 Å². The average molecular weight is 1440 g/mol. The first kappa shape index (κ1) is 99.5. The number of rotatable bonds is 84. The van der Waals surface area contributed by atoms with Crippen LogP contribution in [0.2, 0.25) is 0 Å². The van der Waals surface area contributed by atoms with E-state index in [1.165, 1.54) is 321 Å². The Hall–Kier alpha value is -3.53. The number of hydrogen-bond donors (Lipinski definition) is 0. The Kier molecular flexibility index (Phi) is 81.2. The number of carboxylic acids is 1. The van der Waals surface area contributed by atoms with Gasteiger partial charge in [0.05, 0.1) is 40.3 Å². The molecule has 0 aromatic rings. The number of ether oxygens (including phenoxy) is 4. The molecule has 0 saturated heterocycles. The molecule has 0 aromatic heterocycles. The molecule has 0 aliphatic carbocycles. The van der Waals surface area contributed by atoms with Crippen LogP contribution in [0.25, 0.3) is 0 Å². The van der Waals surface area contributed by atoms with E-state index < -0.39 is 24.3 Å². The zero-order valence-corrected chi connectivity index (χ0v) is 68.9. The molecular weight excluding hydrogens is 1270 g/mol. The monoisotopic (exact) mass is 1440 g/mol. The van der Waals surface area contributed by atoms with Gasteiger partial charge >= 0.3 is 11.9 Å².